The number of nitrogens with one attached hydrogen (secondary N) is 1. The summed E-state index contributed by atoms with van der Waals surface area (Å²) in [5.41, 5.74) is -0.627. The van der Waals surface area contributed by atoms with E-state index in [2.05, 4.69) is 10.2 Å². The van der Waals surface area contributed by atoms with E-state index in [0.29, 0.717) is 29.5 Å². The molecule has 0 atom stereocenters. The average Bonchev–Trinajstić information content (AvgIpc) is 2.69. The molecule has 0 radical (unpaired) electrons. The fraction of sp³-hybridized carbons (Fsp3) is 0.381. The highest BCUT2D eigenvalue weighted by Crippen LogP contribution is 2.37. The fourth-order valence-corrected chi connectivity index (χ4v) is 3.36. The van der Waals surface area contributed by atoms with Crippen LogP contribution in [0.2, 0.25) is 5.02 Å². The second kappa shape index (κ2) is 9.57. The molecule has 2 aromatic carbocycles. The standard InChI is InChI=1S/C21H23ClF3N3O2/c1-27-9-11-28(12-10-27)15-6-7-18(16(14-15)21(23,24)25)26-20(29)8-13-30-19-5-3-2-4-17(19)22/h2-7,14H,8-13H2,1H3,(H,26,29). The quantitative estimate of drug-likeness (QED) is 0.716. The van der Waals surface area contributed by atoms with Crippen LogP contribution in [0.25, 0.3) is 0 Å². The fourth-order valence-electron chi connectivity index (χ4n) is 3.17. The Bertz CT molecular complexity index is 884. The number of hydrogen-bond donors (Lipinski definition) is 1. The first-order valence-corrected chi connectivity index (χ1v) is 9.94. The summed E-state index contributed by atoms with van der Waals surface area (Å²) in [6.45, 7) is 2.87. The van der Waals surface area contributed by atoms with Gasteiger partial charge in [-0.25, -0.2) is 0 Å². The molecule has 0 aromatic heterocycles. The molecular weight excluding hydrogens is 419 g/mol. The molecule has 0 saturated carbocycles. The number of benzene rings is 2. The molecule has 5 nitrogen and oxygen atoms in total. The molecule has 0 unspecified atom stereocenters. The number of halogens is 4. The number of piperazine rings is 1. The van der Waals surface area contributed by atoms with Crippen LogP contribution in [0.3, 0.4) is 0 Å². The van der Waals surface area contributed by atoms with Crippen LogP contribution in [0, 0.1) is 0 Å². The number of amides is 1. The lowest BCUT2D eigenvalue weighted by Gasteiger charge is -2.34. The van der Waals surface area contributed by atoms with Crippen molar-refractivity contribution in [3.8, 4) is 5.75 Å². The number of ether oxygens (including phenoxy) is 1. The number of hydrogen-bond acceptors (Lipinski definition) is 4. The van der Waals surface area contributed by atoms with Gasteiger partial charge in [0.15, 0.2) is 0 Å². The molecule has 162 valence electrons. The molecule has 1 saturated heterocycles. The van der Waals surface area contributed by atoms with E-state index in [9.17, 15) is 18.0 Å². The monoisotopic (exact) mass is 441 g/mol. The molecule has 0 aliphatic carbocycles. The van der Waals surface area contributed by atoms with Gasteiger partial charge in [0.1, 0.15) is 5.75 Å². The van der Waals surface area contributed by atoms with E-state index >= 15 is 0 Å². The minimum atomic E-state index is -4.58. The molecule has 30 heavy (non-hydrogen) atoms. The van der Waals surface area contributed by atoms with E-state index in [4.69, 9.17) is 16.3 Å². The molecule has 1 heterocycles. The van der Waals surface area contributed by atoms with Crippen LogP contribution in [0.4, 0.5) is 24.5 Å². The number of carbonyl (C=O) groups excluding carboxylic acids is 1. The summed E-state index contributed by atoms with van der Waals surface area (Å²) >= 11 is 5.97. The summed E-state index contributed by atoms with van der Waals surface area (Å²) in [5, 5.41) is 2.76. The van der Waals surface area contributed by atoms with Gasteiger partial charge in [0.05, 0.1) is 29.3 Å². The minimum Gasteiger partial charge on any atom is -0.491 e. The number of rotatable bonds is 6. The third kappa shape index (κ3) is 5.79. The van der Waals surface area contributed by atoms with Crippen LogP contribution in [0.15, 0.2) is 42.5 Å². The number of para-hydroxylation sites is 1. The van der Waals surface area contributed by atoms with E-state index in [-0.39, 0.29) is 18.7 Å². The summed E-state index contributed by atoms with van der Waals surface area (Å²) in [5.74, 6) is -0.153. The Balaban J connectivity index is 1.65. The van der Waals surface area contributed by atoms with Crippen molar-refractivity contribution in [3.63, 3.8) is 0 Å². The normalized spacial score (nSPS) is 15.2. The molecule has 1 aliphatic heterocycles. The van der Waals surface area contributed by atoms with Crippen molar-refractivity contribution in [3.05, 3.63) is 53.1 Å². The van der Waals surface area contributed by atoms with Crippen molar-refractivity contribution in [1.82, 2.24) is 4.90 Å². The second-order valence-corrected chi connectivity index (χ2v) is 7.50. The van der Waals surface area contributed by atoms with E-state index < -0.39 is 17.6 Å². The maximum absolute atomic E-state index is 13.6. The second-order valence-electron chi connectivity index (χ2n) is 7.10. The number of carbonyl (C=O) groups is 1. The van der Waals surface area contributed by atoms with Gasteiger partial charge in [-0.05, 0) is 37.4 Å². The first-order chi connectivity index (χ1) is 14.2. The maximum Gasteiger partial charge on any atom is 0.418 e. The van der Waals surface area contributed by atoms with Gasteiger partial charge >= 0.3 is 6.18 Å². The molecule has 0 bridgehead atoms. The van der Waals surface area contributed by atoms with E-state index in [1.807, 2.05) is 11.9 Å². The number of nitrogens with zero attached hydrogens (tertiary/aromatic N) is 2. The Morgan fingerprint density at radius 2 is 1.83 bits per heavy atom. The average molecular weight is 442 g/mol. The SMILES string of the molecule is CN1CCN(c2ccc(NC(=O)CCOc3ccccc3Cl)c(C(F)(F)F)c2)CC1. The maximum atomic E-state index is 13.6. The van der Waals surface area contributed by atoms with Crippen molar-refractivity contribution in [1.29, 1.82) is 0 Å². The van der Waals surface area contributed by atoms with Gasteiger partial charge in [-0.3, -0.25) is 4.79 Å². The third-order valence-electron chi connectivity index (χ3n) is 4.87. The first kappa shape index (κ1) is 22.2. The Labute approximate surface area is 178 Å². The van der Waals surface area contributed by atoms with Crippen molar-refractivity contribution in [2.45, 2.75) is 12.6 Å². The summed E-state index contributed by atoms with van der Waals surface area (Å²) in [7, 11) is 1.98. The van der Waals surface area contributed by atoms with Crippen molar-refractivity contribution in [2.24, 2.45) is 0 Å². The zero-order valence-corrected chi connectivity index (χ0v) is 17.3. The number of alkyl halides is 3. The predicted molar refractivity (Wildman–Crippen MR) is 111 cm³/mol. The Kier molecular flexibility index (Phi) is 7.10. The van der Waals surface area contributed by atoms with E-state index in [1.165, 1.54) is 6.07 Å². The molecule has 1 N–H and O–H groups in total. The molecule has 0 spiro atoms. The number of likely N-dealkylation sites (N-methyl/N-ethyl adjacent to an activating group) is 1. The summed E-state index contributed by atoms with van der Waals surface area (Å²) in [4.78, 5) is 16.2. The van der Waals surface area contributed by atoms with Crippen LogP contribution in [0.1, 0.15) is 12.0 Å². The highest BCUT2D eigenvalue weighted by molar-refractivity contribution is 6.32. The van der Waals surface area contributed by atoms with Crippen molar-refractivity contribution < 1.29 is 22.7 Å². The Hall–Kier alpha value is -2.45. The highest BCUT2D eigenvalue weighted by Gasteiger charge is 2.35. The smallest absolute Gasteiger partial charge is 0.418 e. The number of anilines is 2. The molecule has 2 aromatic rings. The zero-order valence-electron chi connectivity index (χ0n) is 16.5. The largest absolute Gasteiger partial charge is 0.491 e. The predicted octanol–water partition coefficient (Wildman–Crippen LogP) is 4.52. The van der Waals surface area contributed by atoms with Gasteiger partial charge in [0, 0.05) is 31.9 Å². The van der Waals surface area contributed by atoms with Gasteiger partial charge in [-0.2, -0.15) is 13.2 Å². The van der Waals surface area contributed by atoms with Crippen molar-refractivity contribution >= 4 is 28.9 Å². The van der Waals surface area contributed by atoms with Gasteiger partial charge in [0.25, 0.3) is 0 Å². The van der Waals surface area contributed by atoms with Crippen LogP contribution in [-0.2, 0) is 11.0 Å². The molecule has 1 aliphatic rings. The van der Waals surface area contributed by atoms with Crippen LogP contribution in [0.5, 0.6) is 5.75 Å². The summed E-state index contributed by atoms with van der Waals surface area (Å²) < 4.78 is 46.2. The van der Waals surface area contributed by atoms with Crippen LogP contribution in [-0.4, -0.2) is 50.6 Å². The molecule has 9 heteroatoms. The minimum absolute atomic E-state index is 0.00367. The Morgan fingerprint density at radius 1 is 1.13 bits per heavy atom. The zero-order chi connectivity index (χ0) is 21.7. The van der Waals surface area contributed by atoms with E-state index in [0.717, 1.165) is 19.2 Å². The summed E-state index contributed by atoms with van der Waals surface area (Å²) in [6.07, 6.45) is -4.69. The Morgan fingerprint density at radius 3 is 2.50 bits per heavy atom. The van der Waals surface area contributed by atoms with Gasteiger partial charge < -0.3 is 19.9 Å². The lowest BCUT2D eigenvalue weighted by atomic mass is 10.1. The lowest BCUT2D eigenvalue weighted by molar-refractivity contribution is -0.136. The van der Waals surface area contributed by atoms with Crippen molar-refractivity contribution in [2.75, 3.05) is 50.1 Å². The van der Waals surface area contributed by atoms with Crippen LogP contribution < -0.4 is 15.0 Å². The van der Waals surface area contributed by atoms with Crippen LogP contribution >= 0.6 is 11.6 Å². The van der Waals surface area contributed by atoms with E-state index in [1.54, 1.807) is 30.3 Å². The van der Waals surface area contributed by atoms with Gasteiger partial charge in [-0.1, -0.05) is 23.7 Å². The topological polar surface area (TPSA) is 44.8 Å². The molecule has 1 amide bonds. The third-order valence-corrected chi connectivity index (χ3v) is 5.19. The highest BCUT2D eigenvalue weighted by atomic mass is 35.5. The molecule has 1 fully saturated rings. The summed E-state index contributed by atoms with van der Waals surface area (Å²) in [6, 6.07) is 10.8. The first-order valence-electron chi connectivity index (χ1n) is 9.56. The molecular formula is C21H23ClF3N3O2. The van der Waals surface area contributed by atoms with Gasteiger partial charge in [-0.15, -0.1) is 0 Å². The lowest BCUT2D eigenvalue weighted by Crippen LogP contribution is -2.44. The molecule has 3 rings (SSSR count). The van der Waals surface area contributed by atoms with Gasteiger partial charge in [0.2, 0.25) is 5.91 Å².